The molecule has 0 radical (unpaired) electrons. The van der Waals surface area contributed by atoms with E-state index in [-0.39, 0.29) is 11.6 Å². The third kappa shape index (κ3) is 4.30. The Morgan fingerprint density at radius 3 is 2.68 bits per heavy atom. The molecule has 0 saturated carbocycles. The molecule has 0 amide bonds. The van der Waals surface area contributed by atoms with Gasteiger partial charge in [-0.2, -0.15) is 5.10 Å². The number of nitrogens with zero attached hydrogens (tertiary/aromatic N) is 5. The zero-order valence-electron chi connectivity index (χ0n) is 17.7. The van der Waals surface area contributed by atoms with E-state index in [2.05, 4.69) is 30.5 Å². The molecule has 9 nitrogen and oxygen atoms in total. The van der Waals surface area contributed by atoms with E-state index in [0.717, 1.165) is 11.3 Å². The van der Waals surface area contributed by atoms with Gasteiger partial charge in [-0.25, -0.2) is 9.97 Å². The molecule has 0 atom stereocenters. The molecule has 0 aliphatic carbocycles. The normalized spacial score (nSPS) is 11.0. The molecule has 0 spiro atoms. The molecule has 0 aliphatic heterocycles. The van der Waals surface area contributed by atoms with Crippen LogP contribution in [-0.2, 0) is 7.05 Å². The summed E-state index contributed by atoms with van der Waals surface area (Å²) >= 11 is 0. The van der Waals surface area contributed by atoms with Gasteiger partial charge in [0.2, 0.25) is 5.95 Å². The molecule has 0 fully saturated rings. The Hall–Kier alpha value is -4.01. The summed E-state index contributed by atoms with van der Waals surface area (Å²) in [5, 5.41) is 9.87. The van der Waals surface area contributed by atoms with E-state index >= 15 is 0 Å². The largest absolute Gasteiger partial charge is 0.455 e. The summed E-state index contributed by atoms with van der Waals surface area (Å²) in [6, 6.07) is 7.34. The van der Waals surface area contributed by atoms with Gasteiger partial charge in [-0.05, 0) is 39.0 Å². The zero-order valence-corrected chi connectivity index (χ0v) is 17.7. The van der Waals surface area contributed by atoms with E-state index < -0.39 is 0 Å². The fourth-order valence-corrected chi connectivity index (χ4v) is 3.07. The van der Waals surface area contributed by atoms with Crippen LogP contribution in [0.3, 0.4) is 0 Å². The molecular formula is C22H23N7O2. The Kier molecular flexibility index (Phi) is 5.48. The van der Waals surface area contributed by atoms with Crippen molar-refractivity contribution < 1.29 is 4.74 Å². The van der Waals surface area contributed by atoms with E-state index in [9.17, 15) is 4.79 Å². The quantitative estimate of drug-likeness (QED) is 0.493. The Bertz CT molecular complexity index is 1260. The van der Waals surface area contributed by atoms with Crippen LogP contribution in [0.25, 0.3) is 22.5 Å². The van der Waals surface area contributed by atoms with Crippen LogP contribution in [0.2, 0.25) is 0 Å². The Morgan fingerprint density at radius 1 is 1.13 bits per heavy atom. The molecule has 0 aliphatic rings. The number of aromatic amines is 1. The number of anilines is 1. The number of ether oxygens (including phenoxy) is 1. The summed E-state index contributed by atoms with van der Waals surface area (Å²) in [7, 11) is 1.69. The van der Waals surface area contributed by atoms with Crippen molar-refractivity contribution in [3.8, 4) is 34.0 Å². The van der Waals surface area contributed by atoms with Gasteiger partial charge in [0.05, 0.1) is 28.8 Å². The molecule has 4 aromatic rings. The van der Waals surface area contributed by atoms with Gasteiger partial charge in [-0.3, -0.25) is 19.4 Å². The minimum Gasteiger partial charge on any atom is -0.455 e. The van der Waals surface area contributed by atoms with Crippen molar-refractivity contribution in [1.29, 1.82) is 0 Å². The Labute approximate surface area is 179 Å². The van der Waals surface area contributed by atoms with Crippen molar-refractivity contribution in [1.82, 2.24) is 29.7 Å². The fraction of sp³-hybridized carbons (Fsp3) is 0.227. The second-order valence-corrected chi connectivity index (χ2v) is 7.40. The van der Waals surface area contributed by atoms with E-state index in [4.69, 9.17) is 4.74 Å². The molecule has 4 heterocycles. The van der Waals surface area contributed by atoms with Gasteiger partial charge in [0.25, 0.3) is 5.56 Å². The highest BCUT2D eigenvalue weighted by molar-refractivity contribution is 5.60. The molecule has 0 aromatic carbocycles. The molecule has 0 saturated heterocycles. The third-order valence-electron chi connectivity index (χ3n) is 4.65. The van der Waals surface area contributed by atoms with Crippen molar-refractivity contribution in [2.45, 2.75) is 26.8 Å². The van der Waals surface area contributed by atoms with Crippen LogP contribution < -0.4 is 15.6 Å². The first-order chi connectivity index (χ1) is 14.9. The first-order valence-electron chi connectivity index (χ1n) is 9.86. The SMILES string of the molecule is Cc1nc(-c2cnc(NC(C)C)n(C)c2=O)ccc1Oc1ccnc(-c2cn[nH]c2)c1. The highest BCUT2D eigenvalue weighted by atomic mass is 16.5. The molecule has 9 heteroatoms. The Balaban J connectivity index is 1.60. The van der Waals surface area contributed by atoms with Crippen LogP contribution in [-0.4, -0.2) is 35.8 Å². The summed E-state index contributed by atoms with van der Waals surface area (Å²) in [6.07, 6.45) is 6.70. The first kappa shape index (κ1) is 20.3. The first-order valence-corrected chi connectivity index (χ1v) is 9.86. The van der Waals surface area contributed by atoms with Crippen LogP contribution in [0.15, 0.2) is 53.8 Å². The standard InChI is InChI=1S/C22H23N7O2/c1-13(2)27-22-24-12-17(21(30)29(22)4)18-5-6-20(14(3)28-18)31-16-7-8-23-19(9-16)15-10-25-26-11-15/h5-13H,1-4H3,(H,24,27)(H,25,26). The fourth-order valence-electron chi connectivity index (χ4n) is 3.07. The molecule has 4 rings (SSSR count). The molecule has 0 bridgehead atoms. The average Bonchev–Trinajstić information content (AvgIpc) is 3.28. The third-order valence-corrected chi connectivity index (χ3v) is 4.65. The number of hydrogen-bond donors (Lipinski definition) is 2. The van der Waals surface area contributed by atoms with Crippen LogP contribution in [0.5, 0.6) is 11.5 Å². The number of pyridine rings is 2. The molecule has 0 unspecified atom stereocenters. The molecule has 31 heavy (non-hydrogen) atoms. The van der Waals surface area contributed by atoms with Crippen LogP contribution in [0.1, 0.15) is 19.5 Å². The summed E-state index contributed by atoms with van der Waals surface area (Å²) in [4.78, 5) is 26.1. The van der Waals surface area contributed by atoms with Crippen molar-refractivity contribution in [2.24, 2.45) is 7.05 Å². The molecule has 2 N–H and O–H groups in total. The van der Waals surface area contributed by atoms with Gasteiger partial charge >= 0.3 is 0 Å². The number of aromatic nitrogens is 6. The molecule has 158 valence electrons. The average molecular weight is 417 g/mol. The van der Waals surface area contributed by atoms with Gasteiger partial charge < -0.3 is 10.1 Å². The van der Waals surface area contributed by atoms with Gasteiger partial charge in [0.15, 0.2) is 0 Å². The van der Waals surface area contributed by atoms with Gasteiger partial charge in [-0.15, -0.1) is 0 Å². The maximum absolute atomic E-state index is 12.8. The summed E-state index contributed by atoms with van der Waals surface area (Å²) in [5.74, 6) is 1.74. The number of H-pyrrole nitrogens is 1. The van der Waals surface area contributed by atoms with E-state index in [0.29, 0.717) is 34.4 Å². The van der Waals surface area contributed by atoms with Crippen LogP contribution >= 0.6 is 0 Å². The smallest absolute Gasteiger partial charge is 0.264 e. The molecule has 4 aromatic heterocycles. The minimum absolute atomic E-state index is 0.169. The summed E-state index contributed by atoms with van der Waals surface area (Å²) in [5.41, 5.74) is 3.08. The van der Waals surface area contributed by atoms with Crippen molar-refractivity contribution >= 4 is 5.95 Å². The maximum Gasteiger partial charge on any atom is 0.264 e. The molecular weight excluding hydrogens is 394 g/mol. The topological polar surface area (TPSA) is 111 Å². The Morgan fingerprint density at radius 2 is 1.97 bits per heavy atom. The van der Waals surface area contributed by atoms with Crippen LogP contribution in [0.4, 0.5) is 5.95 Å². The van der Waals surface area contributed by atoms with Crippen molar-refractivity contribution in [3.05, 3.63) is 65.1 Å². The van der Waals surface area contributed by atoms with Gasteiger partial charge in [0, 0.05) is 43.3 Å². The minimum atomic E-state index is -0.169. The zero-order chi connectivity index (χ0) is 22.0. The lowest BCUT2D eigenvalue weighted by Gasteiger charge is -2.14. The summed E-state index contributed by atoms with van der Waals surface area (Å²) < 4.78 is 7.50. The second kappa shape index (κ2) is 8.39. The van der Waals surface area contributed by atoms with E-state index in [1.807, 2.05) is 26.8 Å². The number of nitrogens with one attached hydrogen (secondary N) is 2. The van der Waals surface area contributed by atoms with Gasteiger partial charge in [0.1, 0.15) is 11.5 Å². The number of rotatable bonds is 6. The van der Waals surface area contributed by atoms with Gasteiger partial charge in [-0.1, -0.05) is 0 Å². The lowest BCUT2D eigenvalue weighted by Crippen LogP contribution is -2.25. The highest BCUT2D eigenvalue weighted by Gasteiger charge is 2.13. The van der Waals surface area contributed by atoms with Crippen LogP contribution in [0, 0.1) is 6.92 Å². The van der Waals surface area contributed by atoms with E-state index in [1.54, 1.807) is 50.0 Å². The predicted molar refractivity (Wildman–Crippen MR) is 118 cm³/mol. The van der Waals surface area contributed by atoms with Crippen molar-refractivity contribution in [3.63, 3.8) is 0 Å². The second-order valence-electron chi connectivity index (χ2n) is 7.40. The lowest BCUT2D eigenvalue weighted by atomic mass is 10.2. The lowest BCUT2D eigenvalue weighted by molar-refractivity contribution is 0.475. The predicted octanol–water partition coefficient (Wildman–Crippen LogP) is 3.55. The van der Waals surface area contributed by atoms with Crippen molar-refractivity contribution in [2.75, 3.05) is 5.32 Å². The number of aryl methyl sites for hydroxylation is 1. The van der Waals surface area contributed by atoms with E-state index in [1.165, 1.54) is 4.57 Å². The maximum atomic E-state index is 12.8. The monoisotopic (exact) mass is 417 g/mol. The highest BCUT2D eigenvalue weighted by Crippen LogP contribution is 2.28. The number of hydrogen-bond acceptors (Lipinski definition) is 7. The summed E-state index contributed by atoms with van der Waals surface area (Å²) in [6.45, 7) is 5.82.